The summed E-state index contributed by atoms with van der Waals surface area (Å²) in [5, 5.41) is 0.227. The van der Waals surface area contributed by atoms with Gasteiger partial charge in [-0.3, -0.25) is 9.11 Å². The van der Waals surface area contributed by atoms with Crippen LogP contribution in [0.3, 0.4) is 0 Å². The van der Waals surface area contributed by atoms with Crippen LogP contribution < -0.4 is 0 Å². The third-order valence-corrected chi connectivity index (χ3v) is 9.89. The molecule has 12 nitrogen and oxygen atoms in total. The fourth-order valence-electron chi connectivity index (χ4n) is 3.63. The van der Waals surface area contributed by atoms with E-state index in [1.807, 2.05) is 0 Å². The first kappa shape index (κ1) is 27.1. The quantitative estimate of drug-likeness (QED) is 0.174. The molecule has 0 aliphatic heterocycles. The molecule has 16 heteroatoms. The van der Waals surface area contributed by atoms with Gasteiger partial charge in [-0.25, -0.2) is 8.37 Å². The molecule has 0 saturated heterocycles. The minimum atomic E-state index is -5.08. The Morgan fingerprint density at radius 2 is 0.865 bits per heavy atom. The van der Waals surface area contributed by atoms with E-state index in [0.717, 1.165) is 12.1 Å². The fraction of sp³-hybridized carbons (Fsp3) is 0.0476. The number of hydrogen-bond acceptors (Lipinski definition) is 10. The molecule has 0 heterocycles. The summed E-state index contributed by atoms with van der Waals surface area (Å²) in [7, 11) is -20.3. The SMILES string of the molecule is O=S(=O)(O)c1ccc2ccccc2c1S(=O)(=O)OCOS(=O)(=O)c1c(S(=O)(=O)O)ccc2ccccc12. The molecular formula is C21H16O12S4. The van der Waals surface area contributed by atoms with Crippen molar-refractivity contribution in [1.29, 1.82) is 0 Å². The topological polar surface area (TPSA) is 195 Å². The minimum Gasteiger partial charge on any atom is -0.282 e. The molecule has 0 aromatic heterocycles. The minimum absolute atomic E-state index is 0.150. The van der Waals surface area contributed by atoms with Gasteiger partial charge in [0, 0.05) is 10.8 Å². The molecule has 0 bridgehead atoms. The van der Waals surface area contributed by atoms with Gasteiger partial charge in [-0.2, -0.15) is 33.7 Å². The second-order valence-electron chi connectivity index (χ2n) is 7.44. The van der Waals surface area contributed by atoms with Gasteiger partial charge >= 0.3 is 20.2 Å². The lowest BCUT2D eigenvalue weighted by molar-refractivity contribution is 0.132. The predicted molar refractivity (Wildman–Crippen MR) is 129 cm³/mol. The van der Waals surface area contributed by atoms with E-state index >= 15 is 0 Å². The molecule has 0 aliphatic carbocycles. The summed E-state index contributed by atoms with van der Waals surface area (Å²) in [5.74, 6) is 0. The summed E-state index contributed by atoms with van der Waals surface area (Å²) in [5.41, 5.74) is 0. The Bertz CT molecular complexity index is 1830. The Morgan fingerprint density at radius 1 is 0.514 bits per heavy atom. The van der Waals surface area contributed by atoms with Gasteiger partial charge < -0.3 is 0 Å². The van der Waals surface area contributed by atoms with Crippen molar-refractivity contribution in [2.45, 2.75) is 19.6 Å². The predicted octanol–water partition coefficient (Wildman–Crippen LogP) is 2.55. The Balaban J connectivity index is 1.75. The van der Waals surface area contributed by atoms with E-state index in [1.54, 1.807) is 12.1 Å². The molecule has 0 radical (unpaired) electrons. The molecule has 0 fully saturated rings. The zero-order valence-corrected chi connectivity index (χ0v) is 21.5. The molecule has 4 aromatic rings. The van der Waals surface area contributed by atoms with Crippen LogP contribution in [-0.4, -0.2) is 49.6 Å². The van der Waals surface area contributed by atoms with E-state index in [9.17, 15) is 42.8 Å². The van der Waals surface area contributed by atoms with E-state index in [2.05, 4.69) is 8.37 Å². The van der Waals surface area contributed by atoms with Crippen LogP contribution in [0.5, 0.6) is 0 Å². The summed E-state index contributed by atoms with van der Waals surface area (Å²) < 4.78 is 128. The summed E-state index contributed by atoms with van der Waals surface area (Å²) >= 11 is 0. The lowest BCUT2D eigenvalue weighted by atomic mass is 10.1. The van der Waals surface area contributed by atoms with Crippen LogP contribution in [0.1, 0.15) is 0 Å². The molecule has 0 saturated carbocycles. The van der Waals surface area contributed by atoms with Crippen LogP contribution in [-0.2, 0) is 48.8 Å². The van der Waals surface area contributed by atoms with E-state index in [-0.39, 0.29) is 21.5 Å². The third-order valence-electron chi connectivity index (χ3n) is 5.15. The highest BCUT2D eigenvalue weighted by molar-refractivity contribution is 7.90. The van der Waals surface area contributed by atoms with Gasteiger partial charge in [-0.1, -0.05) is 60.7 Å². The second kappa shape index (κ2) is 9.41. The van der Waals surface area contributed by atoms with Crippen molar-refractivity contribution >= 4 is 62.0 Å². The highest BCUT2D eigenvalue weighted by Gasteiger charge is 2.32. The third kappa shape index (κ3) is 5.36. The Kier molecular flexibility index (Phi) is 6.89. The van der Waals surface area contributed by atoms with Crippen LogP contribution in [0, 0.1) is 0 Å². The summed E-state index contributed by atoms with van der Waals surface area (Å²) in [6.45, 7) is -1.53. The average molecular weight is 589 g/mol. The summed E-state index contributed by atoms with van der Waals surface area (Å²) in [6.07, 6.45) is 0. The lowest BCUT2D eigenvalue weighted by Crippen LogP contribution is -2.18. The van der Waals surface area contributed by atoms with Gasteiger partial charge in [0.15, 0.2) is 6.79 Å². The van der Waals surface area contributed by atoms with E-state index in [1.165, 1.54) is 48.5 Å². The molecule has 4 rings (SSSR count). The molecule has 2 N–H and O–H groups in total. The standard InChI is InChI=1S/C21H16O12S4/c22-34(23,24)18-11-9-14-5-1-3-7-16(14)20(18)36(28,29)32-13-33-37(30,31)21-17-8-4-2-6-15(17)10-12-19(21)35(25,26)27/h1-12H,13H2,(H,22,23,24)(H,25,26,27). The molecule has 0 spiro atoms. The number of benzene rings is 4. The Morgan fingerprint density at radius 3 is 1.22 bits per heavy atom. The molecule has 4 aromatic carbocycles. The van der Waals surface area contributed by atoms with E-state index in [4.69, 9.17) is 0 Å². The molecule has 0 amide bonds. The van der Waals surface area contributed by atoms with Crippen molar-refractivity contribution in [3.05, 3.63) is 72.8 Å². The van der Waals surface area contributed by atoms with Gasteiger partial charge in [0.1, 0.15) is 19.6 Å². The van der Waals surface area contributed by atoms with Crippen molar-refractivity contribution in [3.63, 3.8) is 0 Å². The molecule has 196 valence electrons. The second-order valence-corrected chi connectivity index (χ2v) is 13.3. The maximum atomic E-state index is 13.0. The smallest absolute Gasteiger partial charge is 0.282 e. The van der Waals surface area contributed by atoms with Crippen molar-refractivity contribution in [1.82, 2.24) is 0 Å². The van der Waals surface area contributed by atoms with Gasteiger partial charge in [-0.15, -0.1) is 0 Å². The maximum Gasteiger partial charge on any atom is 0.301 e. The van der Waals surface area contributed by atoms with Gasteiger partial charge in [0.25, 0.3) is 20.2 Å². The van der Waals surface area contributed by atoms with E-state index < -0.39 is 66.8 Å². The van der Waals surface area contributed by atoms with Gasteiger partial charge in [0.05, 0.1) is 0 Å². The number of hydrogen-bond donors (Lipinski definition) is 2. The lowest BCUT2D eigenvalue weighted by Gasteiger charge is -2.14. The number of fused-ring (bicyclic) bond motifs is 2. The first-order chi connectivity index (χ1) is 17.1. The zero-order valence-electron chi connectivity index (χ0n) is 18.2. The average Bonchev–Trinajstić information content (AvgIpc) is 2.81. The van der Waals surface area contributed by atoms with Crippen molar-refractivity contribution in [2.24, 2.45) is 0 Å². The highest BCUT2D eigenvalue weighted by Crippen LogP contribution is 2.33. The van der Waals surface area contributed by atoms with Crippen LogP contribution in [0.25, 0.3) is 21.5 Å². The van der Waals surface area contributed by atoms with Crippen LogP contribution in [0.2, 0.25) is 0 Å². The number of rotatable bonds is 8. The molecule has 37 heavy (non-hydrogen) atoms. The largest absolute Gasteiger partial charge is 0.301 e. The maximum absolute atomic E-state index is 13.0. The zero-order chi connectivity index (χ0) is 27.2. The van der Waals surface area contributed by atoms with Gasteiger partial charge in [0.2, 0.25) is 0 Å². The normalized spacial score (nSPS) is 13.2. The Labute approximate surface area is 211 Å². The first-order valence-corrected chi connectivity index (χ1v) is 15.6. The fourth-order valence-corrected chi connectivity index (χ4v) is 8.23. The van der Waals surface area contributed by atoms with Crippen LogP contribution >= 0.6 is 0 Å². The van der Waals surface area contributed by atoms with Gasteiger partial charge in [-0.05, 0) is 22.9 Å². The molecular weight excluding hydrogens is 572 g/mol. The van der Waals surface area contributed by atoms with Crippen molar-refractivity contribution in [2.75, 3.05) is 6.79 Å². The molecule has 0 unspecified atom stereocenters. The van der Waals surface area contributed by atoms with E-state index in [0.29, 0.717) is 0 Å². The first-order valence-electron chi connectivity index (χ1n) is 9.90. The van der Waals surface area contributed by atoms with Crippen LogP contribution in [0.15, 0.2) is 92.4 Å². The molecule has 0 aliphatic rings. The summed E-state index contributed by atoms with van der Waals surface area (Å²) in [4.78, 5) is -3.95. The molecule has 0 atom stereocenters. The monoisotopic (exact) mass is 588 g/mol. The van der Waals surface area contributed by atoms with Crippen LogP contribution in [0.4, 0.5) is 0 Å². The Hall–Kier alpha value is -2.96. The van der Waals surface area contributed by atoms with Crippen molar-refractivity contribution < 1.29 is 51.1 Å². The summed E-state index contributed by atoms with van der Waals surface area (Å²) in [6, 6.07) is 15.4. The van der Waals surface area contributed by atoms with Crippen molar-refractivity contribution in [3.8, 4) is 0 Å². The highest BCUT2D eigenvalue weighted by atomic mass is 32.2.